The molecule has 2 heterocycles. The second kappa shape index (κ2) is 3.44. The van der Waals surface area contributed by atoms with Gasteiger partial charge in [0, 0.05) is 25.6 Å². The van der Waals surface area contributed by atoms with Crippen molar-refractivity contribution >= 4 is 5.97 Å². The maximum atomic E-state index is 10.8. The molecule has 0 aliphatic carbocycles. The topological polar surface area (TPSA) is 35.5 Å². The summed E-state index contributed by atoms with van der Waals surface area (Å²) in [5, 5.41) is 0. The van der Waals surface area contributed by atoms with Crippen LogP contribution in [0.3, 0.4) is 0 Å². The number of hydrogen-bond acceptors (Lipinski definition) is 3. The predicted octanol–water partition coefficient (Wildman–Crippen LogP) is 1.12. The van der Waals surface area contributed by atoms with E-state index in [2.05, 4.69) is 0 Å². The Morgan fingerprint density at radius 3 is 2.50 bits per heavy atom. The SMILES string of the molecule is O=C1CCC(C2CCOCC2)O1. The van der Waals surface area contributed by atoms with Crippen molar-refractivity contribution in [1.29, 1.82) is 0 Å². The number of carbonyl (C=O) groups excluding carboxylic acids is 1. The average molecular weight is 170 g/mol. The maximum absolute atomic E-state index is 10.8. The molecule has 0 amide bonds. The van der Waals surface area contributed by atoms with Gasteiger partial charge >= 0.3 is 5.97 Å². The minimum atomic E-state index is -0.0218. The fourth-order valence-corrected chi connectivity index (χ4v) is 1.97. The van der Waals surface area contributed by atoms with Gasteiger partial charge in [0.15, 0.2) is 0 Å². The second-order valence-electron chi connectivity index (χ2n) is 3.52. The molecular weight excluding hydrogens is 156 g/mol. The first-order valence-electron chi connectivity index (χ1n) is 4.63. The molecule has 1 atom stereocenters. The first-order valence-corrected chi connectivity index (χ1v) is 4.63. The summed E-state index contributed by atoms with van der Waals surface area (Å²) in [5.74, 6) is 0.539. The predicted molar refractivity (Wildman–Crippen MR) is 42.7 cm³/mol. The fraction of sp³-hybridized carbons (Fsp3) is 0.889. The first kappa shape index (κ1) is 8.05. The Bertz CT molecular complexity index is 173. The van der Waals surface area contributed by atoms with Crippen LogP contribution in [0, 0.1) is 5.92 Å². The van der Waals surface area contributed by atoms with Crippen LogP contribution in [-0.2, 0) is 14.3 Å². The fourth-order valence-electron chi connectivity index (χ4n) is 1.97. The summed E-state index contributed by atoms with van der Waals surface area (Å²) >= 11 is 0. The van der Waals surface area contributed by atoms with Gasteiger partial charge in [0.2, 0.25) is 0 Å². The van der Waals surface area contributed by atoms with Gasteiger partial charge in [-0.05, 0) is 19.3 Å². The number of carbonyl (C=O) groups is 1. The largest absolute Gasteiger partial charge is 0.462 e. The van der Waals surface area contributed by atoms with Crippen LogP contribution >= 0.6 is 0 Å². The lowest BCUT2D eigenvalue weighted by Gasteiger charge is -2.26. The molecule has 2 rings (SSSR count). The van der Waals surface area contributed by atoms with Crippen LogP contribution in [-0.4, -0.2) is 25.3 Å². The molecule has 0 aromatic heterocycles. The van der Waals surface area contributed by atoms with E-state index < -0.39 is 0 Å². The van der Waals surface area contributed by atoms with E-state index in [0.717, 1.165) is 32.5 Å². The summed E-state index contributed by atoms with van der Waals surface area (Å²) in [6, 6.07) is 0. The Labute approximate surface area is 72.0 Å². The minimum Gasteiger partial charge on any atom is -0.462 e. The summed E-state index contributed by atoms with van der Waals surface area (Å²) in [4.78, 5) is 10.8. The lowest BCUT2D eigenvalue weighted by atomic mass is 9.92. The Kier molecular flexibility index (Phi) is 2.30. The molecular formula is C9H14O3. The van der Waals surface area contributed by atoms with Gasteiger partial charge in [-0.2, -0.15) is 0 Å². The highest BCUT2D eigenvalue weighted by Gasteiger charge is 2.31. The highest BCUT2D eigenvalue weighted by Crippen LogP contribution is 2.28. The molecule has 0 aromatic rings. The lowest BCUT2D eigenvalue weighted by molar-refractivity contribution is -0.144. The zero-order chi connectivity index (χ0) is 8.39. The number of ether oxygens (including phenoxy) is 2. The third kappa shape index (κ3) is 1.61. The molecule has 2 aliphatic heterocycles. The van der Waals surface area contributed by atoms with E-state index in [4.69, 9.17) is 9.47 Å². The molecule has 0 saturated carbocycles. The van der Waals surface area contributed by atoms with Crippen molar-refractivity contribution in [2.24, 2.45) is 5.92 Å². The van der Waals surface area contributed by atoms with Crippen molar-refractivity contribution in [2.45, 2.75) is 31.8 Å². The van der Waals surface area contributed by atoms with E-state index in [1.807, 2.05) is 0 Å². The van der Waals surface area contributed by atoms with Crippen LogP contribution in [0.2, 0.25) is 0 Å². The molecule has 3 nitrogen and oxygen atoms in total. The van der Waals surface area contributed by atoms with E-state index in [-0.39, 0.29) is 12.1 Å². The molecule has 2 saturated heterocycles. The third-order valence-electron chi connectivity index (χ3n) is 2.71. The Morgan fingerprint density at radius 2 is 1.92 bits per heavy atom. The Hall–Kier alpha value is -0.570. The van der Waals surface area contributed by atoms with Crippen molar-refractivity contribution < 1.29 is 14.3 Å². The summed E-state index contributed by atoms with van der Waals surface area (Å²) in [5.41, 5.74) is 0. The molecule has 0 spiro atoms. The van der Waals surface area contributed by atoms with Gasteiger partial charge in [-0.15, -0.1) is 0 Å². The molecule has 3 heteroatoms. The number of cyclic esters (lactones) is 1. The normalized spacial score (nSPS) is 32.0. The van der Waals surface area contributed by atoms with Crippen molar-refractivity contribution in [1.82, 2.24) is 0 Å². The standard InChI is InChI=1S/C9H14O3/c10-9-2-1-8(12-9)7-3-5-11-6-4-7/h7-8H,1-6H2. The number of esters is 1. The van der Waals surface area contributed by atoms with Crippen molar-refractivity contribution in [2.75, 3.05) is 13.2 Å². The Morgan fingerprint density at radius 1 is 1.17 bits per heavy atom. The van der Waals surface area contributed by atoms with Crippen LogP contribution in [0.5, 0.6) is 0 Å². The van der Waals surface area contributed by atoms with E-state index in [0.29, 0.717) is 12.3 Å². The van der Waals surface area contributed by atoms with Gasteiger partial charge < -0.3 is 9.47 Å². The number of rotatable bonds is 1. The number of hydrogen-bond donors (Lipinski definition) is 0. The van der Waals surface area contributed by atoms with Gasteiger partial charge in [-0.1, -0.05) is 0 Å². The van der Waals surface area contributed by atoms with Crippen LogP contribution in [0.15, 0.2) is 0 Å². The first-order chi connectivity index (χ1) is 5.86. The van der Waals surface area contributed by atoms with Crippen molar-refractivity contribution in [3.05, 3.63) is 0 Å². The van der Waals surface area contributed by atoms with Crippen LogP contribution < -0.4 is 0 Å². The molecule has 12 heavy (non-hydrogen) atoms. The van der Waals surface area contributed by atoms with E-state index in [9.17, 15) is 4.79 Å². The third-order valence-corrected chi connectivity index (χ3v) is 2.71. The van der Waals surface area contributed by atoms with Crippen LogP contribution in [0.4, 0.5) is 0 Å². The summed E-state index contributed by atoms with van der Waals surface area (Å²) < 4.78 is 10.5. The molecule has 1 unspecified atom stereocenters. The van der Waals surface area contributed by atoms with E-state index in [1.165, 1.54) is 0 Å². The van der Waals surface area contributed by atoms with Gasteiger partial charge in [0.1, 0.15) is 6.10 Å². The highest BCUT2D eigenvalue weighted by atomic mass is 16.5. The lowest BCUT2D eigenvalue weighted by Crippen LogP contribution is -2.27. The minimum absolute atomic E-state index is 0.0218. The van der Waals surface area contributed by atoms with Gasteiger partial charge in [0.05, 0.1) is 0 Å². The average Bonchev–Trinajstić information content (AvgIpc) is 2.54. The zero-order valence-corrected chi connectivity index (χ0v) is 7.12. The molecule has 2 fully saturated rings. The summed E-state index contributed by atoms with van der Waals surface area (Å²) in [7, 11) is 0. The van der Waals surface area contributed by atoms with Gasteiger partial charge in [-0.25, -0.2) is 0 Å². The molecule has 0 N–H and O–H groups in total. The van der Waals surface area contributed by atoms with Gasteiger partial charge in [-0.3, -0.25) is 4.79 Å². The maximum Gasteiger partial charge on any atom is 0.306 e. The van der Waals surface area contributed by atoms with E-state index >= 15 is 0 Å². The quantitative estimate of drug-likeness (QED) is 0.553. The smallest absolute Gasteiger partial charge is 0.306 e. The molecule has 0 radical (unpaired) electrons. The van der Waals surface area contributed by atoms with Crippen molar-refractivity contribution in [3.63, 3.8) is 0 Å². The summed E-state index contributed by atoms with van der Waals surface area (Å²) in [6.45, 7) is 1.66. The van der Waals surface area contributed by atoms with Crippen molar-refractivity contribution in [3.8, 4) is 0 Å². The van der Waals surface area contributed by atoms with Crippen LogP contribution in [0.25, 0.3) is 0 Å². The molecule has 0 bridgehead atoms. The second-order valence-corrected chi connectivity index (χ2v) is 3.52. The highest BCUT2D eigenvalue weighted by molar-refractivity contribution is 5.71. The molecule has 0 aromatic carbocycles. The van der Waals surface area contributed by atoms with Crippen LogP contribution in [0.1, 0.15) is 25.7 Å². The summed E-state index contributed by atoms with van der Waals surface area (Å²) in [6.07, 6.45) is 3.84. The monoisotopic (exact) mass is 170 g/mol. The Balaban J connectivity index is 1.86. The molecule has 2 aliphatic rings. The van der Waals surface area contributed by atoms with Gasteiger partial charge in [0.25, 0.3) is 0 Å². The van der Waals surface area contributed by atoms with E-state index in [1.54, 1.807) is 0 Å². The zero-order valence-electron chi connectivity index (χ0n) is 7.12. The molecule has 68 valence electrons.